The second kappa shape index (κ2) is 7.09. The predicted molar refractivity (Wildman–Crippen MR) is 92.2 cm³/mol. The van der Waals surface area contributed by atoms with Gasteiger partial charge in [-0.25, -0.2) is 0 Å². The Kier molecular flexibility index (Phi) is 5.38. The van der Waals surface area contributed by atoms with Gasteiger partial charge in [-0.2, -0.15) is 0 Å². The third-order valence-corrected chi connectivity index (χ3v) is 6.85. The topological polar surface area (TPSA) is 24.5 Å². The molecule has 1 atom stereocenters. The fourth-order valence-electron chi connectivity index (χ4n) is 4.10. The molecule has 1 aromatic rings. The van der Waals surface area contributed by atoms with Gasteiger partial charge >= 0.3 is 0 Å². The zero-order chi connectivity index (χ0) is 14.7. The van der Waals surface area contributed by atoms with E-state index in [1.165, 1.54) is 35.0 Å². The maximum absolute atomic E-state index is 5.57. The predicted octanol–water partition coefficient (Wildman–Crippen LogP) is 3.29. The molecule has 0 amide bonds. The quantitative estimate of drug-likeness (QED) is 0.857. The van der Waals surface area contributed by atoms with Crippen LogP contribution in [0.2, 0.25) is 0 Å². The first-order chi connectivity index (χ1) is 10.2. The number of halogens is 1. The van der Waals surface area contributed by atoms with E-state index >= 15 is 0 Å². The summed E-state index contributed by atoms with van der Waals surface area (Å²) >= 11 is 5.45. The highest BCUT2D eigenvalue weighted by molar-refractivity contribution is 9.10. The summed E-state index contributed by atoms with van der Waals surface area (Å²) in [5.41, 5.74) is 0.328. The number of morpholine rings is 1. The van der Waals surface area contributed by atoms with Crippen molar-refractivity contribution in [1.82, 2.24) is 10.2 Å². The summed E-state index contributed by atoms with van der Waals surface area (Å²) in [5, 5.41) is 5.84. The lowest BCUT2D eigenvalue weighted by Crippen LogP contribution is -2.62. The molecule has 3 rings (SSSR count). The van der Waals surface area contributed by atoms with Crippen molar-refractivity contribution < 1.29 is 4.74 Å². The molecule has 21 heavy (non-hydrogen) atoms. The van der Waals surface area contributed by atoms with Crippen LogP contribution in [0.4, 0.5) is 0 Å². The van der Waals surface area contributed by atoms with Crippen LogP contribution in [0.1, 0.15) is 30.6 Å². The Labute approximate surface area is 140 Å². The molecule has 0 bridgehead atoms. The van der Waals surface area contributed by atoms with Crippen LogP contribution in [0.15, 0.2) is 15.9 Å². The second-order valence-corrected chi connectivity index (χ2v) is 8.10. The Morgan fingerprint density at radius 1 is 1.38 bits per heavy atom. The van der Waals surface area contributed by atoms with Gasteiger partial charge in [-0.1, -0.05) is 12.8 Å². The molecule has 1 unspecified atom stereocenters. The van der Waals surface area contributed by atoms with Crippen LogP contribution in [0.3, 0.4) is 0 Å². The van der Waals surface area contributed by atoms with E-state index in [4.69, 9.17) is 4.74 Å². The van der Waals surface area contributed by atoms with E-state index in [0.29, 0.717) is 11.6 Å². The van der Waals surface area contributed by atoms with Gasteiger partial charge in [0.2, 0.25) is 0 Å². The second-order valence-electron chi connectivity index (χ2n) is 6.19. The first-order valence-electron chi connectivity index (χ1n) is 7.97. The number of likely N-dealkylation sites (N-methyl/N-ethyl adjacent to an activating group) is 1. The van der Waals surface area contributed by atoms with E-state index in [1.54, 1.807) is 0 Å². The first-order valence-corrected chi connectivity index (χ1v) is 9.65. The van der Waals surface area contributed by atoms with Gasteiger partial charge in [-0.3, -0.25) is 4.90 Å². The average Bonchev–Trinajstić information content (AvgIpc) is 3.15. The standard InChI is InChI=1S/C16H25BrN2OS/c1-18-15(11-14-10-13(17)12-21-14)16(4-2-3-5-16)19-6-8-20-9-7-19/h10,12,15,18H,2-9,11H2,1H3. The number of rotatable bonds is 5. The van der Waals surface area contributed by atoms with Crippen LogP contribution in [0, 0.1) is 0 Å². The molecular weight excluding hydrogens is 348 g/mol. The number of hydrogen-bond acceptors (Lipinski definition) is 4. The molecule has 1 saturated heterocycles. The fraction of sp³-hybridized carbons (Fsp3) is 0.750. The van der Waals surface area contributed by atoms with Gasteiger partial charge in [0.15, 0.2) is 0 Å². The highest BCUT2D eigenvalue weighted by Crippen LogP contribution is 2.40. The zero-order valence-corrected chi connectivity index (χ0v) is 15.1. The van der Waals surface area contributed by atoms with Crippen LogP contribution in [-0.4, -0.2) is 49.8 Å². The monoisotopic (exact) mass is 372 g/mol. The lowest BCUT2D eigenvalue weighted by atomic mass is 9.83. The normalized spacial score (nSPS) is 24.3. The van der Waals surface area contributed by atoms with Gasteiger partial charge in [-0.15, -0.1) is 11.3 Å². The largest absolute Gasteiger partial charge is 0.379 e. The van der Waals surface area contributed by atoms with Crippen molar-refractivity contribution in [2.75, 3.05) is 33.4 Å². The maximum Gasteiger partial charge on any atom is 0.0594 e. The maximum atomic E-state index is 5.57. The molecule has 2 aliphatic rings. The summed E-state index contributed by atoms with van der Waals surface area (Å²) in [7, 11) is 2.13. The molecule has 0 aromatic carbocycles. The Morgan fingerprint density at radius 2 is 2.10 bits per heavy atom. The van der Waals surface area contributed by atoms with E-state index < -0.39 is 0 Å². The lowest BCUT2D eigenvalue weighted by molar-refractivity contribution is -0.0346. The molecular formula is C16H25BrN2OS. The molecule has 1 N–H and O–H groups in total. The number of hydrogen-bond donors (Lipinski definition) is 1. The van der Waals surface area contributed by atoms with E-state index in [9.17, 15) is 0 Å². The first kappa shape index (κ1) is 15.9. The van der Waals surface area contributed by atoms with E-state index in [1.807, 2.05) is 11.3 Å². The minimum Gasteiger partial charge on any atom is -0.379 e. The molecule has 2 fully saturated rings. The van der Waals surface area contributed by atoms with Gasteiger partial charge in [0.25, 0.3) is 0 Å². The molecule has 2 heterocycles. The number of nitrogens with zero attached hydrogens (tertiary/aromatic N) is 1. The van der Waals surface area contributed by atoms with Crippen molar-refractivity contribution in [3.8, 4) is 0 Å². The van der Waals surface area contributed by atoms with E-state index in [0.717, 1.165) is 32.7 Å². The summed E-state index contributed by atoms with van der Waals surface area (Å²) in [5.74, 6) is 0. The number of thiophene rings is 1. The Balaban J connectivity index is 1.79. The fourth-order valence-corrected chi connectivity index (χ4v) is 5.60. The highest BCUT2D eigenvalue weighted by atomic mass is 79.9. The Morgan fingerprint density at radius 3 is 2.67 bits per heavy atom. The van der Waals surface area contributed by atoms with Crippen LogP contribution in [-0.2, 0) is 11.2 Å². The van der Waals surface area contributed by atoms with Crippen molar-refractivity contribution in [3.05, 3.63) is 20.8 Å². The minimum atomic E-state index is 0.328. The number of nitrogens with one attached hydrogen (secondary N) is 1. The average molecular weight is 373 g/mol. The van der Waals surface area contributed by atoms with Gasteiger partial charge in [0.1, 0.15) is 0 Å². The van der Waals surface area contributed by atoms with Gasteiger partial charge in [0, 0.05) is 39.4 Å². The van der Waals surface area contributed by atoms with Crippen molar-refractivity contribution in [3.63, 3.8) is 0 Å². The smallest absolute Gasteiger partial charge is 0.0594 e. The number of ether oxygens (including phenoxy) is 1. The van der Waals surface area contributed by atoms with Gasteiger partial charge in [0.05, 0.1) is 13.2 Å². The van der Waals surface area contributed by atoms with Crippen molar-refractivity contribution in [2.45, 2.75) is 43.7 Å². The SMILES string of the molecule is CNC(Cc1cc(Br)cs1)C1(N2CCOCC2)CCCC1. The lowest BCUT2D eigenvalue weighted by Gasteiger charge is -2.48. The highest BCUT2D eigenvalue weighted by Gasteiger charge is 2.45. The van der Waals surface area contributed by atoms with Crippen molar-refractivity contribution in [2.24, 2.45) is 0 Å². The van der Waals surface area contributed by atoms with Crippen LogP contribution in [0.25, 0.3) is 0 Å². The van der Waals surface area contributed by atoms with Crippen LogP contribution < -0.4 is 5.32 Å². The minimum absolute atomic E-state index is 0.328. The molecule has 118 valence electrons. The molecule has 1 aromatic heterocycles. The van der Waals surface area contributed by atoms with Crippen LogP contribution >= 0.6 is 27.3 Å². The third kappa shape index (κ3) is 3.37. The van der Waals surface area contributed by atoms with E-state index in [-0.39, 0.29) is 0 Å². The Bertz CT molecular complexity index is 453. The van der Waals surface area contributed by atoms with E-state index in [2.05, 4.69) is 44.6 Å². The van der Waals surface area contributed by atoms with Crippen LogP contribution in [0.5, 0.6) is 0 Å². The van der Waals surface area contributed by atoms with Crippen molar-refractivity contribution in [1.29, 1.82) is 0 Å². The zero-order valence-electron chi connectivity index (χ0n) is 12.7. The molecule has 0 radical (unpaired) electrons. The molecule has 5 heteroatoms. The summed E-state index contributed by atoms with van der Waals surface area (Å²) in [6.45, 7) is 3.96. The molecule has 0 spiro atoms. The van der Waals surface area contributed by atoms with Gasteiger partial charge in [-0.05, 0) is 48.3 Å². The van der Waals surface area contributed by atoms with Crippen molar-refractivity contribution >= 4 is 27.3 Å². The summed E-state index contributed by atoms with van der Waals surface area (Å²) in [4.78, 5) is 4.19. The molecule has 1 aliphatic heterocycles. The summed E-state index contributed by atoms with van der Waals surface area (Å²) in [6, 6.07) is 2.81. The summed E-state index contributed by atoms with van der Waals surface area (Å²) < 4.78 is 6.79. The summed E-state index contributed by atoms with van der Waals surface area (Å²) in [6.07, 6.45) is 6.51. The molecule has 1 saturated carbocycles. The third-order valence-electron chi connectivity index (χ3n) is 5.13. The molecule has 1 aliphatic carbocycles. The molecule has 3 nitrogen and oxygen atoms in total. The Hall–Kier alpha value is 0.0600. The van der Waals surface area contributed by atoms with Gasteiger partial charge < -0.3 is 10.1 Å².